The zero-order valence-electron chi connectivity index (χ0n) is 17.9. The number of aromatic nitrogens is 3. The van der Waals surface area contributed by atoms with Gasteiger partial charge in [-0.3, -0.25) is 9.36 Å². The van der Waals surface area contributed by atoms with E-state index in [0.717, 1.165) is 18.5 Å². The van der Waals surface area contributed by atoms with Gasteiger partial charge in [-0.15, -0.1) is 0 Å². The Kier molecular flexibility index (Phi) is 6.03. The van der Waals surface area contributed by atoms with Crippen LogP contribution in [0.15, 0.2) is 47.5 Å². The molecule has 1 atom stereocenters. The van der Waals surface area contributed by atoms with Gasteiger partial charge < -0.3 is 15.7 Å². The van der Waals surface area contributed by atoms with Crippen LogP contribution < -0.4 is 16.2 Å². The largest absolute Gasteiger partial charge is 0.390 e. The number of rotatable bonds is 6. The molecule has 0 unspecified atom stereocenters. The number of aliphatic hydroxyl groups is 1. The van der Waals surface area contributed by atoms with E-state index in [1.54, 1.807) is 19.2 Å². The van der Waals surface area contributed by atoms with Crippen LogP contribution in [0.3, 0.4) is 0 Å². The summed E-state index contributed by atoms with van der Waals surface area (Å²) in [6, 6.07) is 7.38. The van der Waals surface area contributed by atoms with E-state index >= 15 is 0 Å². The Morgan fingerprint density at radius 1 is 1.31 bits per heavy atom. The van der Waals surface area contributed by atoms with Crippen LogP contribution in [0.5, 0.6) is 0 Å². The lowest BCUT2D eigenvalue weighted by molar-refractivity contribution is -0.0556. The van der Waals surface area contributed by atoms with Crippen LogP contribution in [0.2, 0.25) is 0 Å². The zero-order valence-corrected chi connectivity index (χ0v) is 17.9. The second-order valence-corrected chi connectivity index (χ2v) is 7.92. The van der Waals surface area contributed by atoms with Crippen molar-refractivity contribution >= 4 is 22.4 Å². The lowest BCUT2D eigenvalue weighted by Gasteiger charge is -2.20. The molecule has 168 valence electrons. The van der Waals surface area contributed by atoms with Crippen LogP contribution in [0.4, 0.5) is 14.6 Å². The molecular formula is C23H25F2N5O2. The normalized spacial score (nSPS) is 15.5. The van der Waals surface area contributed by atoms with Crippen molar-refractivity contribution in [3.63, 3.8) is 0 Å². The Bertz CT molecular complexity index is 1240. The van der Waals surface area contributed by atoms with Crippen molar-refractivity contribution in [2.45, 2.75) is 25.3 Å². The van der Waals surface area contributed by atoms with Crippen LogP contribution in [0, 0.1) is 0 Å². The highest BCUT2D eigenvalue weighted by atomic mass is 19.3. The number of anilines is 1. The van der Waals surface area contributed by atoms with Crippen LogP contribution >= 0.6 is 0 Å². The smallest absolute Gasteiger partial charge is 0.295 e. The molecule has 0 saturated heterocycles. The first-order chi connectivity index (χ1) is 15.3. The second kappa shape index (κ2) is 8.76. The minimum Gasteiger partial charge on any atom is -0.390 e. The summed E-state index contributed by atoms with van der Waals surface area (Å²) in [7, 11) is 1.68. The lowest BCUT2D eigenvalue weighted by atomic mass is 10.00. The van der Waals surface area contributed by atoms with Crippen molar-refractivity contribution in [1.29, 1.82) is 0 Å². The second-order valence-electron chi connectivity index (χ2n) is 7.92. The monoisotopic (exact) mass is 441 g/mol. The molecule has 4 rings (SSSR count). The summed E-state index contributed by atoms with van der Waals surface area (Å²) >= 11 is 0. The summed E-state index contributed by atoms with van der Waals surface area (Å²) in [5, 5.41) is 16.2. The van der Waals surface area contributed by atoms with Gasteiger partial charge in [-0.05, 0) is 43.2 Å². The Morgan fingerprint density at radius 2 is 2.12 bits per heavy atom. The van der Waals surface area contributed by atoms with Gasteiger partial charge >= 0.3 is 0 Å². The minimum atomic E-state index is -3.31. The highest BCUT2D eigenvalue weighted by Gasteiger charge is 2.30. The average Bonchev–Trinajstić information content (AvgIpc) is 2.82. The number of fused-ring (bicyclic) bond motifs is 1. The maximum absolute atomic E-state index is 13.9. The van der Waals surface area contributed by atoms with E-state index < -0.39 is 12.5 Å². The number of nitrogens with one attached hydrogen (secondary N) is 2. The highest BCUT2D eigenvalue weighted by molar-refractivity contribution is 5.89. The summed E-state index contributed by atoms with van der Waals surface area (Å²) in [5.74, 6) is -2.80. The third-order valence-electron chi connectivity index (χ3n) is 5.77. The Hall–Kier alpha value is -3.17. The summed E-state index contributed by atoms with van der Waals surface area (Å²) in [6.07, 6.45) is 4.13. The number of nitrogens with zero attached hydrogens (tertiary/aromatic N) is 3. The maximum Gasteiger partial charge on any atom is 0.295 e. The predicted octanol–water partition coefficient (Wildman–Crippen LogP) is 2.96. The molecule has 1 aliphatic heterocycles. The van der Waals surface area contributed by atoms with Crippen molar-refractivity contribution in [1.82, 2.24) is 19.9 Å². The third kappa shape index (κ3) is 4.13. The average molecular weight is 441 g/mol. The molecule has 2 aromatic heterocycles. The molecule has 0 fully saturated rings. The zero-order chi connectivity index (χ0) is 22.9. The minimum absolute atomic E-state index is 0.123. The van der Waals surface area contributed by atoms with Crippen LogP contribution in [0.1, 0.15) is 36.1 Å². The van der Waals surface area contributed by atoms with Crippen LogP contribution in [0.25, 0.3) is 16.6 Å². The van der Waals surface area contributed by atoms with E-state index in [-0.39, 0.29) is 17.2 Å². The van der Waals surface area contributed by atoms with Gasteiger partial charge in [-0.25, -0.2) is 9.97 Å². The molecule has 3 aromatic rings. The summed E-state index contributed by atoms with van der Waals surface area (Å²) in [4.78, 5) is 21.6. The number of hydrogen-bond acceptors (Lipinski definition) is 6. The molecule has 7 nitrogen and oxygen atoms in total. The highest BCUT2D eigenvalue weighted by Crippen LogP contribution is 2.31. The van der Waals surface area contributed by atoms with Gasteiger partial charge in [0.25, 0.3) is 11.5 Å². The molecule has 3 N–H and O–H groups in total. The molecule has 0 radical (unpaired) electrons. The molecule has 32 heavy (non-hydrogen) atoms. The number of pyridine rings is 1. The summed E-state index contributed by atoms with van der Waals surface area (Å²) in [5.41, 5.74) is 2.32. The van der Waals surface area contributed by atoms with Gasteiger partial charge in [0, 0.05) is 30.8 Å². The molecule has 0 bridgehead atoms. The first kappa shape index (κ1) is 22.0. The van der Waals surface area contributed by atoms with Gasteiger partial charge in [0.15, 0.2) is 0 Å². The topological polar surface area (TPSA) is 92.1 Å². The molecular weight excluding hydrogens is 416 g/mol. The van der Waals surface area contributed by atoms with Gasteiger partial charge in [-0.2, -0.15) is 8.78 Å². The van der Waals surface area contributed by atoms with E-state index in [1.807, 2.05) is 13.0 Å². The fraction of sp³-hybridized carbons (Fsp3) is 0.348. The quantitative estimate of drug-likeness (QED) is 0.545. The van der Waals surface area contributed by atoms with Crippen molar-refractivity contribution < 1.29 is 13.9 Å². The molecule has 0 aliphatic carbocycles. The maximum atomic E-state index is 13.9. The van der Waals surface area contributed by atoms with Gasteiger partial charge in [0.2, 0.25) is 0 Å². The fourth-order valence-electron chi connectivity index (χ4n) is 3.90. The number of aliphatic hydroxyl groups excluding tert-OH is 1. The number of aryl methyl sites for hydroxylation is 1. The van der Waals surface area contributed by atoms with E-state index in [9.17, 15) is 13.6 Å². The first-order valence-electron chi connectivity index (χ1n) is 10.4. The molecule has 3 heterocycles. The SMILES string of the molecule is C[C@@H](Nc1ncnc2c1cc(C1=CCNCC1)c(=O)n2C)c1cccc(C(F)(F)CO)c1. The van der Waals surface area contributed by atoms with E-state index in [0.29, 0.717) is 34.5 Å². The van der Waals surface area contributed by atoms with Gasteiger partial charge in [-0.1, -0.05) is 24.3 Å². The molecule has 0 saturated carbocycles. The third-order valence-corrected chi connectivity index (χ3v) is 5.77. The van der Waals surface area contributed by atoms with E-state index in [2.05, 4.69) is 20.6 Å². The standard InChI is InChI=1S/C23H25F2N5O2/c1-14(16-4-3-5-17(10-16)23(24,25)12-31)29-20-19-11-18(15-6-8-26-9-7-15)22(32)30(2)21(19)28-13-27-20/h3-6,10-11,13-14,26,31H,7-9,12H2,1-2H3,(H,27,28,29)/t14-/m1/s1. The summed E-state index contributed by atoms with van der Waals surface area (Å²) < 4.78 is 29.4. The fourth-order valence-corrected chi connectivity index (χ4v) is 3.90. The van der Waals surface area contributed by atoms with Crippen molar-refractivity contribution in [3.05, 3.63) is 69.8 Å². The van der Waals surface area contributed by atoms with Crippen LogP contribution in [-0.2, 0) is 13.0 Å². The first-order valence-corrected chi connectivity index (χ1v) is 10.4. The van der Waals surface area contributed by atoms with E-state index in [4.69, 9.17) is 5.11 Å². The molecule has 9 heteroatoms. The van der Waals surface area contributed by atoms with Crippen molar-refractivity contribution in [3.8, 4) is 0 Å². The number of alkyl halides is 2. The Labute approximate surface area is 183 Å². The lowest BCUT2D eigenvalue weighted by Crippen LogP contribution is -2.26. The number of hydrogen-bond donors (Lipinski definition) is 3. The molecule has 1 aromatic carbocycles. The van der Waals surface area contributed by atoms with Gasteiger partial charge in [0.05, 0.1) is 5.39 Å². The number of halogens is 2. The Morgan fingerprint density at radius 3 is 2.84 bits per heavy atom. The molecule has 0 spiro atoms. The van der Waals surface area contributed by atoms with Crippen molar-refractivity contribution in [2.75, 3.05) is 25.0 Å². The number of benzene rings is 1. The molecule has 0 amide bonds. The summed E-state index contributed by atoms with van der Waals surface area (Å²) in [6.45, 7) is 2.09. The van der Waals surface area contributed by atoms with Crippen LogP contribution in [-0.4, -0.2) is 39.3 Å². The molecule has 1 aliphatic rings. The van der Waals surface area contributed by atoms with Gasteiger partial charge in [0.1, 0.15) is 24.4 Å². The van der Waals surface area contributed by atoms with E-state index in [1.165, 1.54) is 29.1 Å². The Balaban J connectivity index is 1.74. The predicted molar refractivity (Wildman–Crippen MR) is 120 cm³/mol. The van der Waals surface area contributed by atoms with Crippen molar-refractivity contribution in [2.24, 2.45) is 7.05 Å².